The SMILES string of the molecule is CCOC(=O)C1C2CCCC(O)C21. The maximum atomic E-state index is 11.4. The average Bonchev–Trinajstić information content (AvgIpc) is 2.80. The molecule has 4 unspecified atom stereocenters. The second kappa shape index (κ2) is 3.29. The van der Waals surface area contributed by atoms with Crippen LogP contribution in [0.2, 0.25) is 0 Å². The molecule has 74 valence electrons. The van der Waals surface area contributed by atoms with E-state index in [0.29, 0.717) is 12.5 Å². The zero-order valence-corrected chi connectivity index (χ0v) is 7.90. The van der Waals surface area contributed by atoms with E-state index in [2.05, 4.69) is 0 Å². The summed E-state index contributed by atoms with van der Waals surface area (Å²) in [7, 11) is 0. The lowest BCUT2D eigenvalue weighted by Gasteiger charge is -2.13. The van der Waals surface area contributed by atoms with E-state index in [-0.39, 0.29) is 23.9 Å². The normalized spacial score (nSPS) is 42.3. The van der Waals surface area contributed by atoms with E-state index < -0.39 is 0 Å². The Morgan fingerprint density at radius 2 is 2.31 bits per heavy atom. The van der Waals surface area contributed by atoms with Gasteiger partial charge in [0, 0.05) is 5.92 Å². The van der Waals surface area contributed by atoms with Gasteiger partial charge in [-0.05, 0) is 25.7 Å². The van der Waals surface area contributed by atoms with Gasteiger partial charge in [-0.15, -0.1) is 0 Å². The molecule has 2 saturated carbocycles. The quantitative estimate of drug-likeness (QED) is 0.650. The molecule has 0 aromatic rings. The van der Waals surface area contributed by atoms with Crippen molar-refractivity contribution in [2.45, 2.75) is 32.3 Å². The molecule has 0 spiro atoms. The summed E-state index contributed by atoms with van der Waals surface area (Å²) in [5, 5.41) is 9.60. The Morgan fingerprint density at radius 1 is 1.54 bits per heavy atom. The van der Waals surface area contributed by atoms with E-state index in [1.54, 1.807) is 0 Å². The summed E-state index contributed by atoms with van der Waals surface area (Å²) in [4.78, 5) is 11.4. The number of carbonyl (C=O) groups excluding carboxylic acids is 1. The van der Waals surface area contributed by atoms with Crippen molar-refractivity contribution in [1.29, 1.82) is 0 Å². The lowest BCUT2D eigenvalue weighted by Crippen LogP contribution is -2.16. The molecule has 3 nitrogen and oxygen atoms in total. The van der Waals surface area contributed by atoms with Gasteiger partial charge in [0.15, 0.2) is 0 Å². The lowest BCUT2D eigenvalue weighted by molar-refractivity contribution is -0.145. The van der Waals surface area contributed by atoms with Crippen LogP contribution in [-0.4, -0.2) is 23.8 Å². The minimum absolute atomic E-state index is 0.0115. The van der Waals surface area contributed by atoms with Crippen LogP contribution in [-0.2, 0) is 9.53 Å². The standard InChI is InChI=1S/C10H16O3/c1-2-13-10(12)9-6-4-3-5-7(11)8(6)9/h6-9,11H,2-5H2,1H3. The number of fused-ring (bicyclic) bond motifs is 1. The van der Waals surface area contributed by atoms with Gasteiger partial charge >= 0.3 is 5.97 Å². The van der Waals surface area contributed by atoms with Gasteiger partial charge in [-0.1, -0.05) is 6.42 Å². The van der Waals surface area contributed by atoms with E-state index in [0.717, 1.165) is 19.3 Å². The van der Waals surface area contributed by atoms with Crippen molar-refractivity contribution in [3.8, 4) is 0 Å². The molecule has 2 rings (SSSR count). The molecule has 4 atom stereocenters. The Labute approximate surface area is 78.1 Å². The second-order valence-corrected chi connectivity index (χ2v) is 4.02. The number of aliphatic hydroxyl groups excluding tert-OH is 1. The van der Waals surface area contributed by atoms with Crippen LogP contribution in [0, 0.1) is 17.8 Å². The van der Waals surface area contributed by atoms with Crippen LogP contribution in [0.3, 0.4) is 0 Å². The summed E-state index contributed by atoms with van der Waals surface area (Å²) >= 11 is 0. The summed E-state index contributed by atoms with van der Waals surface area (Å²) in [6.07, 6.45) is 2.74. The van der Waals surface area contributed by atoms with Gasteiger partial charge in [0.05, 0.1) is 18.6 Å². The molecule has 0 aliphatic heterocycles. The number of carbonyl (C=O) groups is 1. The van der Waals surface area contributed by atoms with Crippen LogP contribution in [0.4, 0.5) is 0 Å². The van der Waals surface area contributed by atoms with Crippen LogP contribution < -0.4 is 0 Å². The molecule has 2 aliphatic carbocycles. The molecule has 2 fully saturated rings. The Hall–Kier alpha value is -0.570. The molecule has 0 heterocycles. The molecule has 0 radical (unpaired) electrons. The maximum Gasteiger partial charge on any atom is 0.309 e. The maximum absolute atomic E-state index is 11.4. The monoisotopic (exact) mass is 184 g/mol. The van der Waals surface area contributed by atoms with Crippen molar-refractivity contribution in [3.63, 3.8) is 0 Å². The predicted octanol–water partition coefficient (Wildman–Crippen LogP) is 0.956. The van der Waals surface area contributed by atoms with Gasteiger partial charge in [0.2, 0.25) is 0 Å². The first-order valence-corrected chi connectivity index (χ1v) is 5.10. The highest BCUT2D eigenvalue weighted by atomic mass is 16.5. The zero-order chi connectivity index (χ0) is 9.42. The Balaban J connectivity index is 1.93. The summed E-state index contributed by atoms with van der Waals surface area (Å²) in [5.41, 5.74) is 0. The molecule has 0 bridgehead atoms. The summed E-state index contributed by atoms with van der Waals surface area (Å²) in [6, 6.07) is 0. The van der Waals surface area contributed by atoms with Crippen LogP contribution >= 0.6 is 0 Å². The first-order chi connectivity index (χ1) is 6.25. The molecular formula is C10H16O3. The number of esters is 1. The largest absolute Gasteiger partial charge is 0.466 e. The summed E-state index contributed by atoms with van der Waals surface area (Å²) in [5.74, 6) is 0.548. The number of aliphatic hydroxyl groups is 1. The fourth-order valence-corrected chi connectivity index (χ4v) is 2.62. The highest BCUT2D eigenvalue weighted by Gasteiger charge is 2.59. The predicted molar refractivity (Wildman–Crippen MR) is 47.0 cm³/mol. The zero-order valence-electron chi connectivity index (χ0n) is 7.90. The fourth-order valence-electron chi connectivity index (χ4n) is 2.62. The van der Waals surface area contributed by atoms with Gasteiger partial charge in [-0.2, -0.15) is 0 Å². The van der Waals surface area contributed by atoms with E-state index in [9.17, 15) is 9.90 Å². The highest BCUT2D eigenvalue weighted by Crippen LogP contribution is 2.55. The van der Waals surface area contributed by atoms with Gasteiger partial charge in [0.25, 0.3) is 0 Å². The van der Waals surface area contributed by atoms with Crippen molar-refractivity contribution in [3.05, 3.63) is 0 Å². The van der Waals surface area contributed by atoms with Crippen molar-refractivity contribution >= 4 is 5.97 Å². The van der Waals surface area contributed by atoms with Crippen LogP contribution in [0.1, 0.15) is 26.2 Å². The van der Waals surface area contributed by atoms with Crippen molar-refractivity contribution in [2.75, 3.05) is 6.61 Å². The second-order valence-electron chi connectivity index (χ2n) is 4.02. The first-order valence-electron chi connectivity index (χ1n) is 5.10. The Kier molecular flexibility index (Phi) is 2.28. The first kappa shape index (κ1) is 9.00. The number of hydrogen-bond donors (Lipinski definition) is 1. The molecule has 0 aromatic heterocycles. The molecule has 0 saturated heterocycles. The van der Waals surface area contributed by atoms with Crippen molar-refractivity contribution < 1.29 is 14.6 Å². The number of rotatable bonds is 2. The Bertz CT molecular complexity index is 214. The topological polar surface area (TPSA) is 46.5 Å². The minimum atomic E-state index is -0.256. The van der Waals surface area contributed by atoms with Crippen molar-refractivity contribution in [1.82, 2.24) is 0 Å². The molecular weight excluding hydrogens is 168 g/mol. The minimum Gasteiger partial charge on any atom is -0.466 e. The number of ether oxygens (including phenoxy) is 1. The third-order valence-electron chi connectivity index (χ3n) is 3.27. The fraction of sp³-hybridized carbons (Fsp3) is 0.900. The van der Waals surface area contributed by atoms with E-state index in [1.165, 1.54) is 0 Å². The smallest absolute Gasteiger partial charge is 0.309 e. The van der Waals surface area contributed by atoms with Crippen LogP contribution in [0.25, 0.3) is 0 Å². The Morgan fingerprint density at radius 3 is 2.92 bits per heavy atom. The van der Waals surface area contributed by atoms with Gasteiger partial charge in [-0.3, -0.25) is 4.79 Å². The molecule has 0 amide bonds. The lowest BCUT2D eigenvalue weighted by atomic mass is 9.98. The van der Waals surface area contributed by atoms with Crippen LogP contribution in [0.5, 0.6) is 0 Å². The third-order valence-corrected chi connectivity index (χ3v) is 3.27. The van der Waals surface area contributed by atoms with Gasteiger partial charge < -0.3 is 9.84 Å². The van der Waals surface area contributed by atoms with E-state index in [1.807, 2.05) is 6.92 Å². The van der Waals surface area contributed by atoms with Gasteiger partial charge in [-0.25, -0.2) is 0 Å². The molecule has 2 aliphatic rings. The molecule has 13 heavy (non-hydrogen) atoms. The van der Waals surface area contributed by atoms with Crippen LogP contribution in [0.15, 0.2) is 0 Å². The summed E-state index contributed by atoms with van der Waals surface area (Å²) < 4.78 is 4.96. The summed E-state index contributed by atoms with van der Waals surface area (Å²) in [6.45, 7) is 2.27. The van der Waals surface area contributed by atoms with E-state index in [4.69, 9.17) is 4.74 Å². The van der Waals surface area contributed by atoms with Gasteiger partial charge in [0.1, 0.15) is 0 Å². The highest BCUT2D eigenvalue weighted by molar-refractivity contribution is 5.76. The average molecular weight is 184 g/mol. The third kappa shape index (κ3) is 1.46. The van der Waals surface area contributed by atoms with E-state index >= 15 is 0 Å². The molecule has 3 heteroatoms. The molecule has 0 aromatic carbocycles. The number of hydrogen-bond acceptors (Lipinski definition) is 3. The van der Waals surface area contributed by atoms with Crippen molar-refractivity contribution in [2.24, 2.45) is 17.8 Å². The molecule has 1 N–H and O–H groups in total.